The number of nitro groups is 1. The highest BCUT2D eigenvalue weighted by Gasteiger charge is 2.26. The van der Waals surface area contributed by atoms with E-state index in [2.05, 4.69) is 10.1 Å². The molecule has 0 aliphatic carbocycles. The van der Waals surface area contributed by atoms with Crippen molar-refractivity contribution in [3.8, 4) is 0 Å². The molecule has 1 amide bonds. The van der Waals surface area contributed by atoms with Crippen molar-refractivity contribution in [3.63, 3.8) is 0 Å². The molecule has 138 valence electrons. The van der Waals surface area contributed by atoms with Crippen molar-refractivity contribution in [1.82, 2.24) is 4.90 Å². The number of nitrogens with two attached hydrogens (primary N) is 1. The number of carbonyl (C=O) groups excluding carboxylic acids is 1. The smallest absolute Gasteiger partial charge is 0.409 e. The number of primary sulfonamides is 1. The molecule has 1 fully saturated rings. The molecule has 0 aromatic heterocycles. The van der Waals surface area contributed by atoms with Crippen LogP contribution in [-0.4, -0.2) is 63.8 Å². The van der Waals surface area contributed by atoms with Gasteiger partial charge < -0.3 is 19.7 Å². The predicted molar refractivity (Wildman–Crippen MR) is 86.7 cm³/mol. The van der Waals surface area contributed by atoms with Crippen LogP contribution in [0.1, 0.15) is 0 Å². The van der Waals surface area contributed by atoms with Crippen LogP contribution in [0, 0.1) is 10.1 Å². The van der Waals surface area contributed by atoms with E-state index in [-0.39, 0.29) is 23.7 Å². The molecule has 1 aliphatic rings. The molecule has 2 rings (SSSR count). The number of nitrogens with zero attached hydrogens (tertiary/aromatic N) is 2. The quantitative estimate of drug-likeness (QED) is 0.544. The lowest BCUT2D eigenvalue weighted by molar-refractivity contribution is -0.384. The van der Waals surface area contributed by atoms with Crippen LogP contribution in [0.2, 0.25) is 0 Å². The predicted octanol–water partition coefficient (Wildman–Crippen LogP) is 0.121. The monoisotopic (exact) mass is 374 g/mol. The average Bonchev–Trinajstić information content (AvgIpc) is 2.58. The summed E-state index contributed by atoms with van der Waals surface area (Å²) in [6, 6.07) is 3.33. The second-order valence-electron chi connectivity index (χ2n) is 5.27. The van der Waals surface area contributed by atoms with Crippen LogP contribution in [0.4, 0.5) is 16.2 Å². The summed E-state index contributed by atoms with van der Waals surface area (Å²) in [7, 11) is -2.77. The number of rotatable bonds is 5. The van der Waals surface area contributed by atoms with Gasteiger partial charge >= 0.3 is 6.09 Å². The van der Waals surface area contributed by atoms with Gasteiger partial charge in [-0.25, -0.2) is 18.4 Å². The number of carbonyl (C=O) groups is 1. The van der Waals surface area contributed by atoms with E-state index in [0.29, 0.717) is 13.2 Å². The van der Waals surface area contributed by atoms with E-state index in [1.54, 1.807) is 0 Å². The number of morpholine rings is 1. The van der Waals surface area contributed by atoms with Gasteiger partial charge in [-0.3, -0.25) is 10.1 Å². The third-order valence-electron chi connectivity index (χ3n) is 3.59. The van der Waals surface area contributed by atoms with Crippen molar-refractivity contribution < 1.29 is 27.6 Å². The third kappa shape index (κ3) is 4.78. The van der Waals surface area contributed by atoms with Crippen LogP contribution < -0.4 is 10.5 Å². The van der Waals surface area contributed by atoms with Crippen LogP contribution in [0.15, 0.2) is 23.1 Å². The Morgan fingerprint density at radius 3 is 2.88 bits per heavy atom. The maximum absolute atomic E-state index is 11.5. The second-order valence-corrected chi connectivity index (χ2v) is 6.83. The number of ether oxygens (including phenoxy) is 2. The molecule has 1 aromatic carbocycles. The molecule has 11 nitrogen and oxygen atoms in total. The maximum atomic E-state index is 11.5. The molecule has 1 saturated heterocycles. The van der Waals surface area contributed by atoms with Crippen molar-refractivity contribution in [3.05, 3.63) is 28.3 Å². The number of amides is 1. The van der Waals surface area contributed by atoms with Crippen LogP contribution in [0.25, 0.3) is 0 Å². The molecular formula is C13H18N4O7S. The SMILES string of the molecule is COC(=O)N1CCO[C@@H](CNc2ccc(S(N)(=O)=O)cc2[N+](=O)[O-])C1. The van der Waals surface area contributed by atoms with Crippen molar-refractivity contribution in [1.29, 1.82) is 0 Å². The summed E-state index contributed by atoms with van der Waals surface area (Å²) in [5.74, 6) is 0. The number of nitrogens with one attached hydrogen (secondary N) is 1. The number of benzene rings is 1. The summed E-state index contributed by atoms with van der Waals surface area (Å²) in [5.41, 5.74) is -0.302. The molecule has 1 atom stereocenters. The molecule has 0 bridgehead atoms. The number of hydrogen-bond donors (Lipinski definition) is 2. The van der Waals surface area contributed by atoms with E-state index in [1.807, 2.05) is 0 Å². The van der Waals surface area contributed by atoms with Crippen molar-refractivity contribution in [2.24, 2.45) is 5.14 Å². The fourth-order valence-corrected chi connectivity index (χ4v) is 2.88. The summed E-state index contributed by atoms with van der Waals surface area (Å²) in [5, 5.41) is 19.0. The molecular weight excluding hydrogens is 356 g/mol. The Morgan fingerprint density at radius 1 is 1.56 bits per heavy atom. The summed E-state index contributed by atoms with van der Waals surface area (Å²) >= 11 is 0. The topological polar surface area (TPSA) is 154 Å². The lowest BCUT2D eigenvalue weighted by atomic mass is 10.2. The number of sulfonamides is 1. The van der Waals surface area contributed by atoms with Gasteiger partial charge in [0.05, 0.1) is 36.2 Å². The van der Waals surface area contributed by atoms with Gasteiger partial charge in [-0.05, 0) is 12.1 Å². The summed E-state index contributed by atoms with van der Waals surface area (Å²) in [6.07, 6.45) is -0.873. The Balaban J connectivity index is 2.10. The Morgan fingerprint density at radius 2 is 2.28 bits per heavy atom. The summed E-state index contributed by atoms with van der Waals surface area (Å²) < 4.78 is 32.8. The zero-order valence-corrected chi connectivity index (χ0v) is 14.2. The number of methoxy groups -OCH3 is 1. The lowest BCUT2D eigenvalue weighted by Crippen LogP contribution is -2.47. The molecule has 3 N–H and O–H groups in total. The van der Waals surface area contributed by atoms with E-state index in [0.717, 1.165) is 6.07 Å². The highest BCUT2D eigenvalue weighted by molar-refractivity contribution is 7.89. The first kappa shape index (κ1) is 18.9. The van der Waals surface area contributed by atoms with Gasteiger partial charge in [0.25, 0.3) is 5.69 Å². The van der Waals surface area contributed by atoms with Crippen LogP contribution in [0.5, 0.6) is 0 Å². The normalized spacial score (nSPS) is 17.8. The zero-order valence-electron chi connectivity index (χ0n) is 13.4. The molecule has 12 heteroatoms. The standard InChI is InChI=1S/C13H18N4O7S/c1-23-13(18)16-4-5-24-9(8-16)7-15-11-3-2-10(25(14,21)22)6-12(11)17(19)20/h2-3,6,9,15H,4-5,7-8H2,1H3,(H2,14,21,22)/t9-/m0/s1. The van der Waals surface area contributed by atoms with Gasteiger partial charge in [0, 0.05) is 19.2 Å². The first-order valence-electron chi connectivity index (χ1n) is 7.22. The third-order valence-corrected chi connectivity index (χ3v) is 4.50. The molecule has 1 aliphatic heterocycles. The molecule has 0 saturated carbocycles. The van der Waals surface area contributed by atoms with Crippen LogP contribution >= 0.6 is 0 Å². The molecule has 0 radical (unpaired) electrons. The largest absolute Gasteiger partial charge is 0.453 e. The van der Waals surface area contributed by atoms with Crippen LogP contribution in [0.3, 0.4) is 0 Å². The van der Waals surface area contributed by atoms with E-state index in [9.17, 15) is 23.3 Å². The second kappa shape index (κ2) is 7.63. The van der Waals surface area contributed by atoms with Crippen LogP contribution in [-0.2, 0) is 19.5 Å². The van der Waals surface area contributed by atoms with Gasteiger partial charge in [-0.1, -0.05) is 0 Å². The van der Waals surface area contributed by atoms with E-state index in [4.69, 9.17) is 9.88 Å². The lowest BCUT2D eigenvalue weighted by Gasteiger charge is -2.32. The Kier molecular flexibility index (Phi) is 5.77. The Bertz CT molecular complexity index is 768. The molecule has 0 spiro atoms. The van der Waals surface area contributed by atoms with Gasteiger partial charge in [0.2, 0.25) is 10.0 Å². The van der Waals surface area contributed by atoms with Gasteiger partial charge in [-0.15, -0.1) is 0 Å². The van der Waals surface area contributed by atoms with Crippen molar-refractivity contribution in [2.75, 3.05) is 38.7 Å². The number of anilines is 1. The fourth-order valence-electron chi connectivity index (χ4n) is 2.35. The van der Waals surface area contributed by atoms with E-state index in [1.165, 1.54) is 24.1 Å². The minimum absolute atomic E-state index is 0.121. The highest BCUT2D eigenvalue weighted by atomic mass is 32.2. The van der Waals surface area contributed by atoms with E-state index < -0.39 is 32.8 Å². The Labute approximate surface area is 143 Å². The van der Waals surface area contributed by atoms with Crippen molar-refractivity contribution >= 4 is 27.5 Å². The van der Waals surface area contributed by atoms with Gasteiger partial charge in [0.1, 0.15) is 5.69 Å². The summed E-state index contributed by atoms with van der Waals surface area (Å²) in [6.45, 7) is 1.16. The highest BCUT2D eigenvalue weighted by Crippen LogP contribution is 2.27. The average molecular weight is 374 g/mol. The molecule has 0 unspecified atom stereocenters. The minimum atomic E-state index is -4.05. The fraction of sp³-hybridized carbons (Fsp3) is 0.462. The summed E-state index contributed by atoms with van der Waals surface area (Å²) in [4.78, 5) is 23.1. The number of hydrogen-bond acceptors (Lipinski definition) is 8. The minimum Gasteiger partial charge on any atom is -0.453 e. The van der Waals surface area contributed by atoms with Crippen molar-refractivity contribution in [2.45, 2.75) is 11.0 Å². The number of nitro benzene ring substituents is 1. The van der Waals surface area contributed by atoms with Gasteiger partial charge in [-0.2, -0.15) is 0 Å². The first-order valence-corrected chi connectivity index (χ1v) is 8.76. The molecule has 25 heavy (non-hydrogen) atoms. The molecule has 1 aromatic rings. The Hall–Kier alpha value is -2.44. The zero-order chi connectivity index (χ0) is 18.6. The molecule has 1 heterocycles. The maximum Gasteiger partial charge on any atom is 0.409 e. The van der Waals surface area contributed by atoms with Gasteiger partial charge in [0.15, 0.2) is 0 Å². The van der Waals surface area contributed by atoms with E-state index >= 15 is 0 Å². The first-order chi connectivity index (χ1) is 11.7.